The first-order valence-corrected chi connectivity index (χ1v) is 5.14. The van der Waals surface area contributed by atoms with Crippen molar-refractivity contribution in [3.63, 3.8) is 0 Å². The maximum absolute atomic E-state index is 6.00. The molecule has 0 radical (unpaired) electrons. The molecule has 1 rings (SSSR count). The van der Waals surface area contributed by atoms with Crippen LogP contribution in [0.4, 0.5) is 0 Å². The molecular weight excluding hydrogens is 256 g/mol. The first kappa shape index (κ1) is 15.0. The third-order valence-corrected chi connectivity index (χ3v) is 2.69. The molecule has 0 aliphatic rings. The highest BCUT2D eigenvalue weighted by molar-refractivity contribution is 6.42. The van der Waals surface area contributed by atoms with E-state index >= 15 is 0 Å². The van der Waals surface area contributed by atoms with Crippen LogP contribution in [0, 0.1) is 0 Å². The average molecular weight is 271 g/mol. The summed E-state index contributed by atoms with van der Waals surface area (Å²) in [6.45, 7) is 2.21. The van der Waals surface area contributed by atoms with Gasteiger partial charge < -0.3 is 10.1 Å². The zero-order valence-corrected chi connectivity index (χ0v) is 10.8. The maximum atomic E-state index is 6.00. The van der Waals surface area contributed by atoms with Crippen LogP contribution in [0.5, 0.6) is 0 Å². The second-order valence-electron chi connectivity index (χ2n) is 2.88. The predicted octanol–water partition coefficient (Wildman–Crippen LogP) is 3.15. The van der Waals surface area contributed by atoms with E-state index in [4.69, 9.17) is 27.9 Å². The number of benzene rings is 1. The quantitative estimate of drug-likeness (QED) is 0.830. The molecule has 0 spiro atoms. The van der Waals surface area contributed by atoms with Crippen LogP contribution in [0.2, 0.25) is 10.0 Å². The molecule has 0 atom stereocenters. The second-order valence-corrected chi connectivity index (χ2v) is 3.67. The fraction of sp³-hybridized carbons (Fsp3) is 0.400. The Morgan fingerprint density at radius 1 is 1.33 bits per heavy atom. The highest BCUT2D eigenvalue weighted by Gasteiger charge is 2.02. The minimum Gasteiger partial charge on any atom is -0.383 e. The van der Waals surface area contributed by atoms with E-state index in [-0.39, 0.29) is 12.4 Å². The number of nitrogens with one attached hydrogen (secondary N) is 1. The summed E-state index contributed by atoms with van der Waals surface area (Å²) >= 11 is 11.9. The van der Waals surface area contributed by atoms with Gasteiger partial charge in [0.25, 0.3) is 0 Å². The molecule has 0 fully saturated rings. The van der Waals surface area contributed by atoms with Gasteiger partial charge in [-0.1, -0.05) is 35.3 Å². The van der Waals surface area contributed by atoms with E-state index in [2.05, 4.69) is 5.32 Å². The van der Waals surface area contributed by atoms with Crippen molar-refractivity contribution in [2.75, 3.05) is 20.3 Å². The van der Waals surface area contributed by atoms with Gasteiger partial charge >= 0.3 is 0 Å². The van der Waals surface area contributed by atoms with Gasteiger partial charge in [-0.05, 0) is 11.6 Å². The van der Waals surface area contributed by atoms with Crippen LogP contribution in [0.25, 0.3) is 0 Å². The molecule has 86 valence electrons. The van der Waals surface area contributed by atoms with Gasteiger partial charge in [0, 0.05) is 20.2 Å². The Kier molecular flexibility index (Phi) is 8.20. The summed E-state index contributed by atoms with van der Waals surface area (Å²) in [5.41, 5.74) is 1.01. The van der Waals surface area contributed by atoms with Gasteiger partial charge in [-0.2, -0.15) is 0 Å². The van der Waals surface area contributed by atoms with E-state index in [1.165, 1.54) is 0 Å². The number of halogens is 3. The van der Waals surface area contributed by atoms with Crippen LogP contribution in [0.3, 0.4) is 0 Å². The molecule has 0 amide bonds. The van der Waals surface area contributed by atoms with E-state index < -0.39 is 0 Å². The first-order chi connectivity index (χ1) is 6.75. The smallest absolute Gasteiger partial charge is 0.0637 e. The number of methoxy groups -OCH3 is 1. The topological polar surface area (TPSA) is 21.3 Å². The summed E-state index contributed by atoms with van der Waals surface area (Å²) in [5, 5.41) is 4.42. The van der Waals surface area contributed by atoms with Crippen LogP contribution in [-0.4, -0.2) is 20.3 Å². The van der Waals surface area contributed by atoms with Gasteiger partial charge in [0.05, 0.1) is 16.7 Å². The lowest BCUT2D eigenvalue weighted by atomic mass is 10.2. The van der Waals surface area contributed by atoms with Crippen molar-refractivity contribution < 1.29 is 4.74 Å². The Morgan fingerprint density at radius 3 is 2.73 bits per heavy atom. The number of hydrogen-bond acceptors (Lipinski definition) is 2. The fourth-order valence-electron chi connectivity index (χ4n) is 1.08. The van der Waals surface area contributed by atoms with Crippen LogP contribution < -0.4 is 5.32 Å². The average Bonchev–Trinajstić information content (AvgIpc) is 2.19. The zero-order chi connectivity index (χ0) is 10.4. The Hall–Kier alpha value is 0.01000. The molecule has 0 saturated heterocycles. The molecule has 0 unspecified atom stereocenters. The Labute approximate surface area is 106 Å². The lowest BCUT2D eigenvalue weighted by Crippen LogP contribution is -2.18. The molecule has 2 nitrogen and oxygen atoms in total. The minimum atomic E-state index is 0. The van der Waals surface area contributed by atoms with Crippen LogP contribution in [0.1, 0.15) is 5.56 Å². The number of hydrogen-bond donors (Lipinski definition) is 1. The molecule has 1 N–H and O–H groups in total. The van der Waals surface area contributed by atoms with Crippen molar-refractivity contribution >= 4 is 35.6 Å². The molecule has 0 aliphatic heterocycles. The lowest BCUT2D eigenvalue weighted by molar-refractivity contribution is 0.199. The number of rotatable bonds is 5. The minimum absolute atomic E-state index is 0. The van der Waals surface area contributed by atoms with Crippen molar-refractivity contribution in [1.82, 2.24) is 5.32 Å². The van der Waals surface area contributed by atoms with Gasteiger partial charge in [0.1, 0.15) is 0 Å². The fourth-order valence-corrected chi connectivity index (χ4v) is 1.47. The van der Waals surface area contributed by atoms with E-state index in [0.29, 0.717) is 23.2 Å². The maximum Gasteiger partial charge on any atom is 0.0637 e. The van der Waals surface area contributed by atoms with Crippen LogP contribution in [0.15, 0.2) is 18.2 Å². The van der Waals surface area contributed by atoms with E-state index in [0.717, 1.165) is 12.1 Å². The highest BCUT2D eigenvalue weighted by atomic mass is 35.5. The predicted molar refractivity (Wildman–Crippen MR) is 67.3 cm³/mol. The summed E-state index contributed by atoms with van der Waals surface area (Å²) < 4.78 is 4.91. The van der Waals surface area contributed by atoms with E-state index in [1.54, 1.807) is 13.2 Å². The Balaban J connectivity index is 0.00000196. The third kappa shape index (κ3) is 5.05. The second kappa shape index (κ2) is 8.20. The van der Waals surface area contributed by atoms with Crippen LogP contribution >= 0.6 is 35.6 Å². The van der Waals surface area contributed by atoms with Crippen LogP contribution in [-0.2, 0) is 11.3 Å². The summed E-state index contributed by atoms with van der Waals surface area (Å²) in [4.78, 5) is 0. The molecule has 0 aliphatic carbocycles. The SMILES string of the molecule is COCCNCc1cccc(Cl)c1Cl.Cl. The van der Waals surface area contributed by atoms with Gasteiger partial charge in [-0.3, -0.25) is 0 Å². The highest BCUT2D eigenvalue weighted by Crippen LogP contribution is 2.25. The van der Waals surface area contributed by atoms with Gasteiger partial charge in [0.2, 0.25) is 0 Å². The molecular formula is C10H14Cl3NO. The Morgan fingerprint density at radius 2 is 2.07 bits per heavy atom. The normalized spacial score (nSPS) is 9.80. The van der Waals surface area contributed by atoms with Crippen molar-refractivity contribution in [3.8, 4) is 0 Å². The monoisotopic (exact) mass is 269 g/mol. The summed E-state index contributed by atoms with van der Waals surface area (Å²) in [6.07, 6.45) is 0. The summed E-state index contributed by atoms with van der Waals surface area (Å²) in [6, 6.07) is 5.62. The summed E-state index contributed by atoms with van der Waals surface area (Å²) in [5.74, 6) is 0. The van der Waals surface area contributed by atoms with Gasteiger partial charge in [-0.25, -0.2) is 0 Å². The van der Waals surface area contributed by atoms with Crippen molar-refractivity contribution in [2.45, 2.75) is 6.54 Å². The zero-order valence-electron chi connectivity index (χ0n) is 8.43. The third-order valence-electron chi connectivity index (χ3n) is 1.83. The first-order valence-electron chi connectivity index (χ1n) is 4.38. The van der Waals surface area contributed by atoms with Gasteiger partial charge in [-0.15, -0.1) is 12.4 Å². The molecule has 0 bridgehead atoms. The number of ether oxygens (including phenoxy) is 1. The van der Waals surface area contributed by atoms with Gasteiger partial charge in [0.15, 0.2) is 0 Å². The molecule has 0 heterocycles. The largest absolute Gasteiger partial charge is 0.383 e. The molecule has 0 aromatic heterocycles. The van der Waals surface area contributed by atoms with E-state index in [1.807, 2.05) is 12.1 Å². The standard InChI is InChI=1S/C10H13Cl2NO.ClH/c1-14-6-5-13-7-8-3-2-4-9(11)10(8)12;/h2-4,13H,5-7H2,1H3;1H. The Bertz CT molecular complexity index is 294. The molecule has 0 saturated carbocycles. The lowest BCUT2D eigenvalue weighted by Gasteiger charge is -2.06. The van der Waals surface area contributed by atoms with Crippen molar-refractivity contribution in [3.05, 3.63) is 33.8 Å². The molecule has 1 aromatic carbocycles. The summed E-state index contributed by atoms with van der Waals surface area (Å²) in [7, 11) is 1.67. The molecule has 1 aromatic rings. The van der Waals surface area contributed by atoms with E-state index in [9.17, 15) is 0 Å². The van der Waals surface area contributed by atoms with Crippen molar-refractivity contribution in [2.24, 2.45) is 0 Å². The molecule has 5 heteroatoms. The van der Waals surface area contributed by atoms with Crippen molar-refractivity contribution in [1.29, 1.82) is 0 Å². The molecule has 15 heavy (non-hydrogen) atoms.